The zero-order valence-corrected chi connectivity index (χ0v) is 12.5. The third-order valence-electron chi connectivity index (χ3n) is 2.16. The van der Waals surface area contributed by atoms with Crippen LogP contribution < -0.4 is 5.32 Å². The van der Waals surface area contributed by atoms with Crippen LogP contribution in [0.15, 0.2) is 0 Å². The number of aliphatic carboxylic acids is 1. The van der Waals surface area contributed by atoms with Gasteiger partial charge in [-0.3, -0.25) is 4.79 Å². The molecule has 6 nitrogen and oxygen atoms in total. The number of hydrogen-bond donors (Lipinski definition) is 2. The smallest absolute Gasteiger partial charge is 0.327 e. The topological polar surface area (TPSA) is 84.9 Å². The molecule has 0 aromatic carbocycles. The molecular formula is C12H23NO5S. The van der Waals surface area contributed by atoms with Crippen molar-refractivity contribution in [3.8, 4) is 0 Å². The third kappa shape index (κ3) is 9.75. The lowest BCUT2D eigenvalue weighted by molar-refractivity contribution is -0.140. The van der Waals surface area contributed by atoms with Gasteiger partial charge in [0.25, 0.3) is 0 Å². The van der Waals surface area contributed by atoms with Gasteiger partial charge in [-0.05, 0) is 19.6 Å². The quantitative estimate of drug-likeness (QED) is 0.438. The lowest BCUT2D eigenvalue weighted by atomic mass is 10.3. The van der Waals surface area contributed by atoms with E-state index < -0.39 is 12.0 Å². The van der Waals surface area contributed by atoms with Gasteiger partial charge in [0.15, 0.2) is 6.29 Å². The van der Waals surface area contributed by atoms with E-state index >= 15 is 0 Å². The highest BCUT2D eigenvalue weighted by atomic mass is 32.2. The van der Waals surface area contributed by atoms with E-state index in [1.807, 2.05) is 13.8 Å². The van der Waals surface area contributed by atoms with Crippen molar-refractivity contribution in [1.82, 2.24) is 5.32 Å². The van der Waals surface area contributed by atoms with Crippen molar-refractivity contribution < 1.29 is 24.2 Å². The number of thioether (sulfide) groups is 1. The molecule has 2 N–H and O–H groups in total. The Morgan fingerprint density at radius 1 is 1.26 bits per heavy atom. The van der Waals surface area contributed by atoms with Crippen molar-refractivity contribution in [2.24, 2.45) is 0 Å². The molecule has 1 atom stereocenters. The molecule has 0 rings (SSSR count). The second-order valence-electron chi connectivity index (χ2n) is 3.80. The van der Waals surface area contributed by atoms with Gasteiger partial charge in [0.2, 0.25) is 5.91 Å². The molecule has 0 aliphatic carbocycles. The van der Waals surface area contributed by atoms with Gasteiger partial charge in [0, 0.05) is 32.3 Å². The highest BCUT2D eigenvalue weighted by Crippen LogP contribution is 2.10. The maximum atomic E-state index is 10.9. The normalized spacial score (nSPS) is 12.4. The van der Waals surface area contributed by atoms with Gasteiger partial charge in [0.05, 0.1) is 0 Å². The lowest BCUT2D eigenvalue weighted by Crippen LogP contribution is -2.41. The molecule has 0 aliphatic heterocycles. The zero-order chi connectivity index (χ0) is 14.7. The van der Waals surface area contributed by atoms with Crippen LogP contribution in [0.25, 0.3) is 0 Å². The van der Waals surface area contributed by atoms with E-state index in [0.717, 1.165) is 0 Å². The molecule has 112 valence electrons. The second kappa shape index (κ2) is 11.1. The Morgan fingerprint density at radius 2 is 1.84 bits per heavy atom. The SMILES string of the molecule is CCOC(CCSC[C@H](NC(C)=O)C(=O)O)OCC. The summed E-state index contributed by atoms with van der Waals surface area (Å²) in [6.07, 6.45) is 0.449. The molecule has 1 amide bonds. The number of nitrogens with one attached hydrogen (secondary N) is 1. The number of carbonyl (C=O) groups is 2. The van der Waals surface area contributed by atoms with Gasteiger partial charge < -0.3 is 19.9 Å². The summed E-state index contributed by atoms with van der Waals surface area (Å²) < 4.78 is 10.8. The predicted octanol–water partition coefficient (Wildman–Crippen LogP) is 1.10. The molecule has 19 heavy (non-hydrogen) atoms. The average molecular weight is 293 g/mol. The summed E-state index contributed by atoms with van der Waals surface area (Å²) in [7, 11) is 0. The summed E-state index contributed by atoms with van der Waals surface area (Å²) in [5, 5.41) is 11.3. The minimum Gasteiger partial charge on any atom is -0.480 e. The molecule has 0 saturated carbocycles. The third-order valence-corrected chi connectivity index (χ3v) is 3.26. The first-order chi connectivity index (χ1) is 9.01. The first-order valence-corrected chi connectivity index (χ1v) is 7.47. The van der Waals surface area contributed by atoms with Gasteiger partial charge in [-0.2, -0.15) is 11.8 Å². The predicted molar refractivity (Wildman–Crippen MR) is 74.2 cm³/mol. The zero-order valence-electron chi connectivity index (χ0n) is 11.7. The standard InChI is InChI=1S/C12H23NO5S/c1-4-17-11(18-5-2)6-7-19-8-10(12(15)16)13-9(3)14/h10-11H,4-8H2,1-3H3,(H,13,14)(H,15,16)/t10-/m0/s1. The van der Waals surface area contributed by atoms with Crippen LogP contribution in [0, 0.1) is 0 Å². The number of carboxylic acid groups (broad SMARTS) is 1. The van der Waals surface area contributed by atoms with Crippen molar-refractivity contribution in [3.63, 3.8) is 0 Å². The Balaban J connectivity index is 3.91. The Bertz CT molecular complexity index is 269. The van der Waals surface area contributed by atoms with Crippen molar-refractivity contribution in [1.29, 1.82) is 0 Å². The summed E-state index contributed by atoms with van der Waals surface area (Å²) in [5.41, 5.74) is 0. The van der Waals surface area contributed by atoms with Gasteiger partial charge in [-0.25, -0.2) is 4.79 Å². The van der Waals surface area contributed by atoms with Crippen LogP contribution in [0.1, 0.15) is 27.2 Å². The molecule has 0 fully saturated rings. The molecule has 0 heterocycles. The number of carboxylic acids is 1. The molecule has 0 saturated heterocycles. The van der Waals surface area contributed by atoms with Gasteiger partial charge in [-0.15, -0.1) is 0 Å². The van der Waals surface area contributed by atoms with Crippen LogP contribution in [0.4, 0.5) is 0 Å². The average Bonchev–Trinajstić information content (AvgIpc) is 2.32. The monoisotopic (exact) mass is 293 g/mol. The van der Waals surface area contributed by atoms with E-state index in [1.165, 1.54) is 18.7 Å². The van der Waals surface area contributed by atoms with E-state index in [0.29, 0.717) is 31.1 Å². The Labute approximate surface area is 118 Å². The van der Waals surface area contributed by atoms with E-state index in [4.69, 9.17) is 14.6 Å². The summed E-state index contributed by atoms with van der Waals surface area (Å²) in [5.74, 6) is -0.308. The number of carbonyl (C=O) groups excluding carboxylic acids is 1. The maximum absolute atomic E-state index is 10.9. The first kappa shape index (κ1) is 18.2. The van der Waals surface area contributed by atoms with Crippen molar-refractivity contribution in [2.75, 3.05) is 24.7 Å². The van der Waals surface area contributed by atoms with E-state index in [2.05, 4.69) is 5.32 Å². The van der Waals surface area contributed by atoms with Gasteiger partial charge >= 0.3 is 5.97 Å². The van der Waals surface area contributed by atoms with Gasteiger partial charge in [-0.1, -0.05) is 0 Å². The molecule has 0 radical (unpaired) electrons. The maximum Gasteiger partial charge on any atom is 0.327 e. The molecule has 0 aliphatic rings. The second-order valence-corrected chi connectivity index (χ2v) is 4.95. The summed E-state index contributed by atoms with van der Waals surface area (Å²) in [6.45, 7) is 6.27. The fourth-order valence-electron chi connectivity index (χ4n) is 1.39. The van der Waals surface area contributed by atoms with E-state index in [-0.39, 0.29) is 12.2 Å². The van der Waals surface area contributed by atoms with Crippen LogP contribution in [-0.2, 0) is 19.1 Å². The number of rotatable bonds is 11. The molecular weight excluding hydrogens is 270 g/mol. The van der Waals surface area contributed by atoms with Crippen molar-refractivity contribution >= 4 is 23.6 Å². The molecule has 0 aromatic heterocycles. The first-order valence-electron chi connectivity index (χ1n) is 6.32. The highest BCUT2D eigenvalue weighted by Gasteiger charge is 2.18. The Morgan fingerprint density at radius 3 is 2.26 bits per heavy atom. The summed E-state index contributed by atoms with van der Waals surface area (Å²) in [6, 6.07) is -0.847. The molecule has 0 spiro atoms. The van der Waals surface area contributed by atoms with Crippen LogP contribution in [0.2, 0.25) is 0 Å². The van der Waals surface area contributed by atoms with Crippen LogP contribution in [0.3, 0.4) is 0 Å². The molecule has 0 unspecified atom stereocenters. The lowest BCUT2D eigenvalue weighted by Gasteiger charge is -2.17. The van der Waals surface area contributed by atoms with Crippen LogP contribution in [-0.4, -0.2) is 54.0 Å². The molecule has 0 bridgehead atoms. The molecule has 7 heteroatoms. The summed E-state index contributed by atoms with van der Waals surface area (Å²) in [4.78, 5) is 21.7. The Hall–Kier alpha value is -0.790. The highest BCUT2D eigenvalue weighted by molar-refractivity contribution is 7.99. The fraction of sp³-hybridized carbons (Fsp3) is 0.833. The number of ether oxygens (including phenoxy) is 2. The minimum absolute atomic E-state index is 0.244. The molecule has 0 aromatic rings. The van der Waals surface area contributed by atoms with E-state index in [9.17, 15) is 9.59 Å². The van der Waals surface area contributed by atoms with Crippen molar-refractivity contribution in [3.05, 3.63) is 0 Å². The number of amides is 1. The summed E-state index contributed by atoms with van der Waals surface area (Å²) >= 11 is 1.46. The van der Waals surface area contributed by atoms with Gasteiger partial charge in [0.1, 0.15) is 6.04 Å². The van der Waals surface area contributed by atoms with Crippen LogP contribution in [0.5, 0.6) is 0 Å². The minimum atomic E-state index is -1.02. The van der Waals surface area contributed by atoms with E-state index in [1.54, 1.807) is 0 Å². The largest absolute Gasteiger partial charge is 0.480 e. The Kier molecular flexibility index (Phi) is 10.6. The van der Waals surface area contributed by atoms with Crippen LogP contribution >= 0.6 is 11.8 Å². The van der Waals surface area contributed by atoms with Crippen molar-refractivity contribution in [2.45, 2.75) is 39.5 Å². The number of hydrogen-bond acceptors (Lipinski definition) is 5. The fourth-order valence-corrected chi connectivity index (χ4v) is 2.37.